The summed E-state index contributed by atoms with van der Waals surface area (Å²) in [6, 6.07) is 8.00. The predicted molar refractivity (Wildman–Crippen MR) is 110 cm³/mol. The van der Waals surface area contributed by atoms with Crippen molar-refractivity contribution in [2.75, 3.05) is 33.3 Å². The molecule has 0 aliphatic carbocycles. The van der Waals surface area contributed by atoms with Crippen LogP contribution in [0, 0.1) is 5.41 Å². The van der Waals surface area contributed by atoms with Crippen molar-refractivity contribution >= 4 is 17.2 Å². The number of rotatable bonds is 5. The standard InChI is InChI=1S/C21H29N3O2S/c1-21(2,3)13-20(25)24-11-9-23(10-12-24)14-19-22-18(15-27-19)16-5-7-17(26-4)8-6-16/h5-8,15H,9-14H2,1-4H3. The number of piperazine rings is 1. The number of ether oxygens (including phenoxy) is 1. The molecule has 5 nitrogen and oxygen atoms in total. The van der Waals surface area contributed by atoms with E-state index in [0.717, 1.165) is 54.7 Å². The molecule has 1 aliphatic rings. The number of carbonyl (C=O) groups excluding carboxylic acids is 1. The van der Waals surface area contributed by atoms with Gasteiger partial charge in [0.1, 0.15) is 10.8 Å². The fourth-order valence-electron chi connectivity index (χ4n) is 3.19. The van der Waals surface area contributed by atoms with E-state index in [0.29, 0.717) is 6.42 Å². The topological polar surface area (TPSA) is 45.7 Å². The number of methoxy groups -OCH3 is 1. The van der Waals surface area contributed by atoms with Crippen molar-refractivity contribution in [1.82, 2.24) is 14.8 Å². The summed E-state index contributed by atoms with van der Waals surface area (Å²) in [4.78, 5) is 21.6. The van der Waals surface area contributed by atoms with Gasteiger partial charge in [-0.25, -0.2) is 4.98 Å². The van der Waals surface area contributed by atoms with Crippen LogP contribution >= 0.6 is 11.3 Å². The van der Waals surface area contributed by atoms with Crippen LogP contribution in [-0.2, 0) is 11.3 Å². The summed E-state index contributed by atoms with van der Waals surface area (Å²) in [7, 11) is 1.67. The second kappa shape index (κ2) is 8.40. The highest BCUT2D eigenvalue weighted by molar-refractivity contribution is 7.09. The quantitative estimate of drug-likeness (QED) is 0.781. The van der Waals surface area contributed by atoms with Crippen LogP contribution in [0.1, 0.15) is 32.2 Å². The number of nitrogens with zero attached hydrogens (tertiary/aromatic N) is 3. The Morgan fingerprint density at radius 2 is 1.81 bits per heavy atom. The summed E-state index contributed by atoms with van der Waals surface area (Å²) in [6.45, 7) is 10.6. The maximum absolute atomic E-state index is 12.4. The molecule has 1 fully saturated rings. The Bertz CT molecular complexity index is 756. The molecular formula is C21H29N3O2S. The van der Waals surface area contributed by atoms with Gasteiger partial charge < -0.3 is 9.64 Å². The SMILES string of the molecule is COc1ccc(-c2csc(CN3CCN(C(=O)CC(C)(C)C)CC3)n2)cc1. The molecular weight excluding hydrogens is 358 g/mol. The first-order valence-electron chi connectivity index (χ1n) is 9.43. The van der Waals surface area contributed by atoms with Crippen LogP contribution in [-0.4, -0.2) is 54.0 Å². The molecule has 27 heavy (non-hydrogen) atoms. The van der Waals surface area contributed by atoms with Crippen molar-refractivity contribution in [2.24, 2.45) is 5.41 Å². The summed E-state index contributed by atoms with van der Waals surface area (Å²) < 4.78 is 5.21. The fraction of sp³-hybridized carbons (Fsp3) is 0.524. The first kappa shape index (κ1) is 19.8. The lowest BCUT2D eigenvalue weighted by Gasteiger charge is -2.35. The van der Waals surface area contributed by atoms with Gasteiger partial charge in [-0.05, 0) is 29.7 Å². The zero-order chi connectivity index (χ0) is 19.4. The molecule has 1 aromatic carbocycles. The molecule has 1 aromatic heterocycles. The van der Waals surface area contributed by atoms with E-state index < -0.39 is 0 Å². The van der Waals surface area contributed by atoms with Crippen molar-refractivity contribution in [1.29, 1.82) is 0 Å². The van der Waals surface area contributed by atoms with Gasteiger partial charge in [-0.3, -0.25) is 9.69 Å². The zero-order valence-corrected chi connectivity index (χ0v) is 17.5. The third kappa shape index (κ3) is 5.53. The number of benzene rings is 1. The number of thiazole rings is 1. The maximum Gasteiger partial charge on any atom is 0.223 e. The van der Waals surface area contributed by atoms with Crippen LogP contribution in [0.2, 0.25) is 0 Å². The summed E-state index contributed by atoms with van der Waals surface area (Å²) in [5.41, 5.74) is 2.17. The lowest BCUT2D eigenvalue weighted by Crippen LogP contribution is -2.48. The van der Waals surface area contributed by atoms with Crippen molar-refractivity contribution in [3.63, 3.8) is 0 Å². The Morgan fingerprint density at radius 3 is 2.41 bits per heavy atom. The summed E-state index contributed by atoms with van der Waals surface area (Å²) >= 11 is 1.70. The lowest BCUT2D eigenvalue weighted by molar-refractivity contribution is -0.134. The van der Waals surface area contributed by atoms with Gasteiger partial charge in [-0.2, -0.15) is 0 Å². The van der Waals surface area contributed by atoms with Crippen molar-refractivity contribution in [2.45, 2.75) is 33.7 Å². The molecule has 6 heteroatoms. The van der Waals surface area contributed by atoms with Crippen molar-refractivity contribution in [3.05, 3.63) is 34.7 Å². The minimum absolute atomic E-state index is 0.0486. The predicted octanol–water partition coefficient (Wildman–Crippen LogP) is 3.90. The number of hydrogen-bond acceptors (Lipinski definition) is 5. The van der Waals surface area contributed by atoms with Gasteiger partial charge >= 0.3 is 0 Å². The normalized spacial score (nSPS) is 15.8. The molecule has 1 aliphatic heterocycles. The molecule has 146 valence electrons. The molecule has 0 unspecified atom stereocenters. The highest BCUT2D eigenvalue weighted by Gasteiger charge is 2.25. The molecule has 0 radical (unpaired) electrons. The highest BCUT2D eigenvalue weighted by atomic mass is 32.1. The second-order valence-corrected chi connectivity index (χ2v) is 9.19. The van der Waals surface area contributed by atoms with Gasteiger partial charge in [0.05, 0.1) is 19.3 Å². The van der Waals surface area contributed by atoms with Crippen LogP contribution in [0.25, 0.3) is 11.3 Å². The Kier molecular flexibility index (Phi) is 6.17. The monoisotopic (exact) mass is 387 g/mol. The molecule has 0 atom stereocenters. The molecule has 0 bridgehead atoms. The van der Waals surface area contributed by atoms with E-state index in [9.17, 15) is 4.79 Å². The van der Waals surface area contributed by atoms with Crippen molar-refractivity contribution in [3.8, 4) is 17.0 Å². The molecule has 1 saturated heterocycles. The van der Waals surface area contributed by atoms with E-state index in [1.807, 2.05) is 29.2 Å². The fourth-order valence-corrected chi connectivity index (χ4v) is 4.03. The number of hydrogen-bond donors (Lipinski definition) is 0. The average molecular weight is 388 g/mol. The number of carbonyl (C=O) groups is 1. The molecule has 2 heterocycles. The van der Waals surface area contributed by atoms with Gasteiger partial charge in [-0.1, -0.05) is 20.8 Å². The second-order valence-electron chi connectivity index (χ2n) is 8.25. The number of aromatic nitrogens is 1. The Morgan fingerprint density at radius 1 is 1.15 bits per heavy atom. The van der Waals surface area contributed by atoms with Gasteiger partial charge in [0.25, 0.3) is 0 Å². The molecule has 0 N–H and O–H groups in total. The van der Waals surface area contributed by atoms with E-state index in [2.05, 4.69) is 31.1 Å². The minimum Gasteiger partial charge on any atom is -0.497 e. The molecule has 0 saturated carbocycles. The summed E-state index contributed by atoms with van der Waals surface area (Å²) in [5.74, 6) is 1.13. The maximum atomic E-state index is 12.4. The highest BCUT2D eigenvalue weighted by Crippen LogP contribution is 2.25. The van der Waals surface area contributed by atoms with Gasteiger partial charge in [0, 0.05) is 43.5 Å². The lowest BCUT2D eigenvalue weighted by atomic mass is 9.91. The van der Waals surface area contributed by atoms with Crippen LogP contribution in [0.15, 0.2) is 29.6 Å². The first-order chi connectivity index (χ1) is 12.8. The Balaban J connectivity index is 1.52. The largest absolute Gasteiger partial charge is 0.497 e. The Labute approximate surface area is 166 Å². The van der Waals surface area contributed by atoms with Crippen molar-refractivity contribution < 1.29 is 9.53 Å². The van der Waals surface area contributed by atoms with E-state index in [4.69, 9.17) is 9.72 Å². The first-order valence-corrected chi connectivity index (χ1v) is 10.3. The van der Waals surface area contributed by atoms with E-state index in [1.165, 1.54) is 0 Å². The van der Waals surface area contributed by atoms with Crippen LogP contribution in [0.5, 0.6) is 5.75 Å². The third-order valence-corrected chi connectivity index (χ3v) is 5.54. The molecule has 1 amide bonds. The Hall–Kier alpha value is -1.92. The zero-order valence-electron chi connectivity index (χ0n) is 16.7. The van der Waals surface area contributed by atoms with Crippen LogP contribution in [0.3, 0.4) is 0 Å². The van der Waals surface area contributed by atoms with E-state index in [1.54, 1.807) is 18.4 Å². The van der Waals surface area contributed by atoms with E-state index >= 15 is 0 Å². The number of amides is 1. The summed E-state index contributed by atoms with van der Waals surface area (Å²) in [5, 5.41) is 3.23. The van der Waals surface area contributed by atoms with Gasteiger partial charge in [-0.15, -0.1) is 11.3 Å². The van der Waals surface area contributed by atoms with Gasteiger partial charge in [0.2, 0.25) is 5.91 Å². The molecule has 2 aromatic rings. The van der Waals surface area contributed by atoms with Gasteiger partial charge in [0.15, 0.2) is 0 Å². The molecule has 3 rings (SSSR count). The average Bonchev–Trinajstić information content (AvgIpc) is 3.09. The summed E-state index contributed by atoms with van der Waals surface area (Å²) in [6.07, 6.45) is 0.616. The van der Waals surface area contributed by atoms with E-state index in [-0.39, 0.29) is 11.3 Å². The third-order valence-electron chi connectivity index (χ3n) is 4.70. The van der Waals surface area contributed by atoms with Crippen LogP contribution < -0.4 is 4.74 Å². The minimum atomic E-state index is 0.0486. The smallest absolute Gasteiger partial charge is 0.223 e. The van der Waals surface area contributed by atoms with Crippen LogP contribution in [0.4, 0.5) is 0 Å². The molecule has 0 spiro atoms.